The first kappa shape index (κ1) is 10.8. The molecule has 0 bridgehead atoms. The quantitative estimate of drug-likeness (QED) is 0.523. The molecule has 14 heavy (non-hydrogen) atoms. The molecule has 0 spiro atoms. The van der Waals surface area contributed by atoms with Gasteiger partial charge in [0.1, 0.15) is 5.76 Å². The van der Waals surface area contributed by atoms with Gasteiger partial charge >= 0.3 is 0 Å². The molecule has 0 fully saturated rings. The zero-order valence-electron chi connectivity index (χ0n) is 8.86. The molecule has 0 saturated carbocycles. The fourth-order valence-corrected chi connectivity index (χ4v) is 1.11. The van der Waals surface area contributed by atoms with Crippen LogP contribution in [0, 0.1) is 6.92 Å². The Balaban J connectivity index is 2.24. The van der Waals surface area contributed by atoms with Crippen LogP contribution in [0.4, 0.5) is 0 Å². The lowest BCUT2D eigenvalue weighted by Crippen LogP contribution is -1.68. The molecule has 0 aromatic carbocycles. The van der Waals surface area contributed by atoms with E-state index in [0.29, 0.717) is 5.89 Å². The van der Waals surface area contributed by atoms with Gasteiger partial charge in [-0.25, -0.2) is 4.98 Å². The number of allylic oxidation sites excluding steroid dienone is 3. The Morgan fingerprint density at radius 1 is 1.29 bits per heavy atom. The molecule has 0 aliphatic heterocycles. The molecule has 0 aliphatic carbocycles. The molecule has 2 nitrogen and oxygen atoms in total. The van der Waals surface area contributed by atoms with E-state index in [2.05, 4.69) is 30.1 Å². The molecule has 0 N–H and O–H groups in total. The number of unbranched alkanes of at least 4 members (excludes halogenated alkanes) is 1. The van der Waals surface area contributed by atoms with Crippen LogP contribution in [0.25, 0.3) is 6.08 Å². The summed E-state index contributed by atoms with van der Waals surface area (Å²) in [6.45, 7) is 4.04. The fourth-order valence-electron chi connectivity index (χ4n) is 1.11. The zero-order chi connectivity index (χ0) is 10.2. The van der Waals surface area contributed by atoms with E-state index in [9.17, 15) is 0 Å². The van der Waals surface area contributed by atoms with Gasteiger partial charge in [0.05, 0.1) is 6.20 Å². The Morgan fingerprint density at radius 3 is 2.71 bits per heavy atom. The second kappa shape index (κ2) is 6.19. The summed E-state index contributed by atoms with van der Waals surface area (Å²) in [4.78, 5) is 4.08. The van der Waals surface area contributed by atoms with Crippen molar-refractivity contribution in [1.29, 1.82) is 0 Å². The number of rotatable bonds is 5. The largest absolute Gasteiger partial charge is 0.442 e. The van der Waals surface area contributed by atoms with Gasteiger partial charge in [0.15, 0.2) is 0 Å². The summed E-state index contributed by atoms with van der Waals surface area (Å²) in [6.07, 6.45) is 13.4. The minimum atomic E-state index is 0.696. The van der Waals surface area contributed by atoms with Crippen molar-refractivity contribution in [3.05, 3.63) is 36.1 Å². The standard InChI is InChI=1S/C12H17NO/c1-3-4-5-6-7-8-9-12-13-10-11(2)14-12/h4-5,8-10H,3,6-7H2,1-2H3/b5-4-,9-8+. The molecule has 0 atom stereocenters. The van der Waals surface area contributed by atoms with Crippen LogP contribution in [0.3, 0.4) is 0 Å². The average Bonchev–Trinajstić information content (AvgIpc) is 2.58. The minimum Gasteiger partial charge on any atom is -0.442 e. The van der Waals surface area contributed by atoms with E-state index in [1.807, 2.05) is 13.0 Å². The van der Waals surface area contributed by atoms with Crippen LogP contribution in [0.15, 0.2) is 28.8 Å². The SMILES string of the molecule is CC/C=C\CC/C=C/c1ncc(C)o1. The molecular formula is C12H17NO. The van der Waals surface area contributed by atoms with Gasteiger partial charge in [0.2, 0.25) is 5.89 Å². The Kier molecular flexibility index (Phi) is 4.76. The van der Waals surface area contributed by atoms with Crippen LogP contribution in [0.2, 0.25) is 0 Å². The molecule has 0 amide bonds. The van der Waals surface area contributed by atoms with E-state index >= 15 is 0 Å². The van der Waals surface area contributed by atoms with Gasteiger partial charge in [0, 0.05) is 0 Å². The van der Waals surface area contributed by atoms with Crippen molar-refractivity contribution in [3.63, 3.8) is 0 Å². The normalized spacial score (nSPS) is 11.9. The van der Waals surface area contributed by atoms with Crippen LogP contribution in [0.1, 0.15) is 37.8 Å². The molecule has 1 heterocycles. The van der Waals surface area contributed by atoms with Crippen molar-refractivity contribution in [2.45, 2.75) is 33.1 Å². The molecular weight excluding hydrogens is 174 g/mol. The maximum absolute atomic E-state index is 5.30. The predicted molar refractivity (Wildman–Crippen MR) is 58.9 cm³/mol. The summed E-state index contributed by atoms with van der Waals surface area (Å²) in [6, 6.07) is 0. The summed E-state index contributed by atoms with van der Waals surface area (Å²) < 4.78 is 5.30. The third-order valence-electron chi connectivity index (χ3n) is 1.80. The Labute approximate surface area is 85.4 Å². The third kappa shape index (κ3) is 4.08. The second-order valence-corrected chi connectivity index (χ2v) is 3.17. The van der Waals surface area contributed by atoms with Gasteiger partial charge < -0.3 is 4.42 Å². The number of aromatic nitrogens is 1. The molecule has 76 valence electrons. The Hall–Kier alpha value is -1.31. The first-order chi connectivity index (χ1) is 6.83. The van der Waals surface area contributed by atoms with E-state index in [1.54, 1.807) is 6.20 Å². The van der Waals surface area contributed by atoms with E-state index in [-0.39, 0.29) is 0 Å². The highest BCUT2D eigenvalue weighted by Gasteiger charge is 1.92. The lowest BCUT2D eigenvalue weighted by atomic mass is 10.2. The van der Waals surface area contributed by atoms with Gasteiger partial charge in [-0.2, -0.15) is 0 Å². The van der Waals surface area contributed by atoms with E-state index < -0.39 is 0 Å². The van der Waals surface area contributed by atoms with Crippen molar-refractivity contribution in [1.82, 2.24) is 4.98 Å². The smallest absolute Gasteiger partial charge is 0.218 e. The van der Waals surface area contributed by atoms with Gasteiger partial charge in [-0.3, -0.25) is 0 Å². The number of oxazole rings is 1. The van der Waals surface area contributed by atoms with Crippen LogP contribution < -0.4 is 0 Å². The maximum atomic E-state index is 5.30. The number of hydrogen-bond donors (Lipinski definition) is 0. The van der Waals surface area contributed by atoms with Crippen molar-refractivity contribution in [3.8, 4) is 0 Å². The first-order valence-corrected chi connectivity index (χ1v) is 5.07. The summed E-state index contributed by atoms with van der Waals surface area (Å²) >= 11 is 0. The lowest BCUT2D eigenvalue weighted by molar-refractivity contribution is 0.516. The second-order valence-electron chi connectivity index (χ2n) is 3.17. The molecule has 0 saturated heterocycles. The number of hydrogen-bond acceptors (Lipinski definition) is 2. The molecule has 0 radical (unpaired) electrons. The van der Waals surface area contributed by atoms with Crippen LogP contribution in [-0.4, -0.2) is 4.98 Å². The fraction of sp³-hybridized carbons (Fsp3) is 0.417. The van der Waals surface area contributed by atoms with Crippen LogP contribution >= 0.6 is 0 Å². The van der Waals surface area contributed by atoms with Crippen molar-refractivity contribution < 1.29 is 4.42 Å². The summed E-state index contributed by atoms with van der Waals surface area (Å²) in [5.41, 5.74) is 0. The topological polar surface area (TPSA) is 26.0 Å². The van der Waals surface area contributed by atoms with E-state index in [1.165, 1.54) is 0 Å². The highest BCUT2D eigenvalue weighted by atomic mass is 16.3. The van der Waals surface area contributed by atoms with Crippen molar-refractivity contribution in [2.24, 2.45) is 0 Å². The summed E-state index contributed by atoms with van der Waals surface area (Å²) in [5.74, 6) is 1.55. The molecule has 0 unspecified atom stereocenters. The summed E-state index contributed by atoms with van der Waals surface area (Å²) in [5, 5.41) is 0. The third-order valence-corrected chi connectivity index (χ3v) is 1.80. The highest BCUT2D eigenvalue weighted by molar-refractivity contribution is 5.37. The van der Waals surface area contributed by atoms with Gasteiger partial charge in [-0.15, -0.1) is 0 Å². The monoisotopic (exact) mass is 191 g/mol. The Morgan fingerprint density at radius 2 is 2.07 bits per heavy atom. The van der Waals surface area contributed by atoms with E-state index in [4.69, 9.17) is 4.42 Å². The maximum Gasteiger partial charge on any atom is 0.218 e. The van der Waals surface area contributed by atoms with Crippen LogP contribution in [-0.2, 0) is 0 Å². The van der Waals surface area contributed by atoms with Crippen molar-refractivity contribution in [2.75, 3.05) is 0 Å². The highest BCUT2D eigenvalue weighted by Crippen LogP contribution is 2.04. The van der Waals surface area contributed by atoms with Crippen LogP contribution in [0.5, 0.6) is 0 Å². The zero-order valence-corrected chi connectivity index (χ0v) is 8.86. The molecule has 0 aliphatic rings. The number of aryl methyl sites for hydroxylation is 1. The lowest BCUT2D eigenvalue weighted by Gasteiger charge is -1.86. The van der Waals surface area contributed by atoms with Gasteiger partial charge in [-0.1, -0.05) is 25.2 Å². The molecule has 1 aromatic heterocycles. The Bertz CT molecular complexity index is 310. The van der Waals surface area contributed by atoms with Crippen molar-refractivity contribution >= 4 is 6.08 Å². The summed E-state index contributed by atoms with van der Waals surface area (Å²) in [7, 11) is 0. The first-order valence-electron chi connectivity index (χ1n) is 5.07. The minimum absolute atomic E-state index is 0.696. The van der Waals surface area contributed by atoms with E-state index in [0.717, 1.165) is 25.0 Å². The predicted octanol–water partition coefficient (Wildman–Crippen LogP) is 3.74. The van der Waals surface area contributed by atoms with Gasteiger partial charge in [-0.05, 0) is 32.3 Å². The molecule has 2 heteroatoms. The molecule has 1 rings (SSSR count). The average molecular weight is 191 g/mol. The van der Waals surface area contributed by atoms with Gasteiger partial charge in [0.25, 0.3) is 0 Å². The molecule has 1 aromatic rings. The number of nitrogens with zero attached hydrogens (tertiary/aromatic N) is 1.